The number of imidazole rings is 1. The summed E-state index contributed by atoms with van der Waals surface area (Å²) in [4.78, 5) is 8.62. The Labute approximate surface area is 148 Å². The van der Waals surface area contributed by atoms with Crippen molar-refractivity contribution in [3.63, 3.8) is 0 Å². The van der Waals surface area contributed by atoms with E-state index in [0.717, 1.165) is 18.6 Å². The largest absolute Gasteiger partial charge is 0.381 e. The first-order valence-electron chi connectivity index (χ1n) is 8.34. The van der Waals surface area contributed by atoms with E-state index in [1.807, 2.05) is 13.2 Å². The van der Waals surface area contributed by atoms with E-state index in [-0.39, 0.29) is 5.82 Å². The molecule has 3 aromatic heterocycles. The third-order valence-electron chi connectivity index (χ3n) is 4.43. The van der Waals surface area contributed by atoms with Crippen LogP contribution in [0.15, 0.2) is 18.6 Å². The maximum absolute atomic E-state index is 13.1. The second-order valence-corrected chi connectivity index (χ2v) is 6.47. The van der Waals surface area contributed by atoms with E-state index < -0.39 is 6.43 Å². The van der Waals surface area contributed by atoms with Crippen molar-refractivity contribution < 1.29 is 13.5 Å². The maximum Gasteiger partial charge on any atom is 0.295 e. The molecular formula is C16H19F2N7O. The molecule has 0 saturated carbocycles. The van der Waals surface area contributed by atoms with Gasteiger partial charge in [0.1, 0.15) is 5.69 Å². The molecule has 8 nitrogen and oxygen atoms in total. The van der Waals surface area contributed by atoms with Crippen LogP contribution in [0.25, 0.3) is 22.9 Å². The topological polar surface area (TPSA) is 75.6 Å². The zero-order valence-corrected chi connectivity index (χ0v) is 14.5. The number of rotatable bonds is 5. The van der Waals surface area contributed by atoms with Gasteiger partial charge in [-0.2, -0.15) is 10.2 Å². The Hall–Kier alpha value is -2.62. The molecule has 1 fully saturated rings. The SMILES string of the molecule is Cn1cc(-c2nc(-c3cn(C)c(C(F)F)n3)n(CC3CCOC3)n2)cn1. The number of hydrogen-bond donors (Lipinski definition) is 0. The molecule has 3 aromatic rings. The molecule has 0 amide bonds. The number of hydrogen-bond acceptors (Lipinski definition) is 5. The highest BCUT2D eigenvalue weighted by Crippen LogP contribution is 2.26. The Morgan fingerprint density at radius 1 is 1.27 bits per heavy atom. The van der Waals surface area contributed by atoms with E-state index in [0.29, 0.717) is 36.4 Å². The first-order valence-corrected chi connectivity index (χ1v) is 8.34. The molecule has 1 aliphatic rings. The van der Waals surface area contributed by atoms with E-state index in [2.05, 4.69) is 20.2 Å². The van der Waals surface area contributed by atoms with Crippen molar-refractivity contribution in [1.29, 1.82) is 0 Å². The summed E-state index contributed by atoms with van der Waals surface area (Å²) < 4.78 is 36.4. The fourth-order valence-corrected chi connectivity index (χ4v) is 3.08. The molecule has 0 bridgehead atoms. The van der Waals surface area contributed by atoms with Crippen molar-refractivity contribution in [2.24, 2.45) is 20.0 Å². The molecule has 0 aromatic carbocycles. The van der Waals surface area contributed by atoms with E-state index in [4.69, 9.17) is 4.74 Å². The molecule has 1 saturated heterocycles. The van der Waals surface area contributed by atoms with E-state index in [9.17, 15) is 8.78 Å². The fraction of sp³-hybridized carbons (Fsp3) is 0.500. The predicted molar refractivity (Wildman–Crippen MR) is 88.3 cm³/mol. The van der Waals surface area contributed by atoms with Crippen LogP contribution >= 0.6 is 0 Å². The van der Waals surface area contributed by atoms with Crippen LogP contribution < -0.4 is 0 Å². The highest BCUT2D eigenvalue weighted by Gasteiger charge is 2.24. The maximum atomic E-state index is 13.1. The van der Waals surface area contributed by atoms with Crippen molar-refractivity contribution in [2.45, 2.75) is 19.4 Å². The van der Waals surface area contributed by atoms with Gasteiger partial charge in [-0.15, -0.1) is 0 Å². The lowest BCUT2D eigenvalue weighted by atomic mass is 10.1. The molecule has 10 heteroatoms. The highest BCUT2D eigenvalue weighted by molar-refractivity contribution is 5.58. The van der Waals surface area contributed by atoms with Gasteiger partial charge in [0.15, 0.2) is 17.5 Å². The first kappa shape index (κ1) is 16.8. The van der Waals surface area contributed by atoms with Crippen LogP contribution in [0.1, 0.15) is 18.7 Å². The summed E-state index contributed by atoms with van der Waals surface area (Å²) >= 11 is 0. The summed E-state index contributed by atoms with van der Waals surface area (Å²) in [6.07, 6.45) is 3.33. The number of ether oxygens (including phenoxy) is 1. The minimum Gasteiger partial charge on any atom is -0.381 e. The third-order valence-corrected chi connectivity index (χ3v) is 4.43. The van der Waals surface area contributed by atoms with Crippen LogP contribution in [0.2, 0.25) is 0 Å². The highest BCUT2D eigenvalue weighted by atomic mass is 19.3. The Morgan fingerprint density at radius 3 is 2.73 bits per heavy atom. The van der Waals surface area contributed by atoms with Crippen LogP contribution in [-0.2, 0) is 25.4 Å². The van der Waals surface area contributed by atoms with Gasteiger partial charge in [0.2, 0.25) is 0 Å². The summed E-state index contributed by atoms with van der Waals surface area (Å²) in [7, 11) is 3.36. The molecule has 4 rings (SSSR count). The molecule has 4 heterocycles. The average Bonchev–Trinajstić information content (AvgIpc) is 3.34. The number of halogens is 2. The Balaban J connectivity index is 1.75. The Bertz CT molecular complexity index is 908. The summed E-state index contributed by atoms with van der Waals surface area (Å²) in [5, 5.41) is 8.72. The zero-order chi connectivity index (χ0) is 18.3. The smallest absolute Gasteiger partial charge is 0.295 e. The van der Waals surface area contributed by atoms with Gasteiger partial charge in [0.05, 0.1) is 18.4 Å². The van der Waals surface area contributed by atoms with Crippen molar-refractivity contribution in [1.82, 2.24) is 34.1 Å². The van der Waals surface area contributed by atoms with E-state index in [1.165, 1.54) is 4.57 Å². The van der Waals surface area contributed by atoms with Crippen LogP contribution in [-0.4, -0.2) is 47.3 Å². The number of aromatic nitrogens is 7. The van der Waals surface area contributed by atoms with Gasteiger partial charge in [-0.1, -0.05) is 0 Å². The molecule has 0 aliphatic carbocycles. The van der Waals surface area contributed by atoms with Crippen molar-refractivity contribution in [3.05, 3.63) is 24.4 Å². The monoisotopic (exact) mass is 363 g/mol. The molecule has 26 heavy (non-hydrogen) atoms. The molecule has 0 spiro atoms. The molecule has 1 atom stereocenters. The van der Waals surface area contributed by atoms with Gasteiger partial charge in [-0.3, -0.25) is 4.68 Å². The minimum absolute atomic E-state index is 0.290. The lowest BCUT2D eigenvalue weighted by Gasteiger charge is -2.08. The molecule has 0 N–H and O–H groups in total. The normalized spacial score (nSPS) is 17.5. The summed E-state index contributed by atoms with van der Waals surface area (Å²) in [6.45, 7) is 1.98. The summed E-state index contributed by atoms with van der Waals surface area (Å²) in [6, 6.07) is 0. The minimum atomic E-state index is -2.65. The third kappa shape index (κ3) is 3.12. The van der Waals surface area contributed by atoms with Gasteiger partial charge in [-0.25, -0.2) is 23.4 Å². The summed E-state index contributed by atoms with van der Waals surface area (Å²) in [5.41, 5.74) is 1.14. The molecule has 0 radical (unpaired) electrons. The number of nitrogens with zero attached hydrogens (tertiary/aromatic N) is 7. The van der Waals surface area contributed by atoms with Crippen LogP contribution in [0, 0.1) is 5.92 Å². The van der Waals surface area contributed by atoms with Crippen molar-refractivity contribution in [3.8, 4) is 22.9 Å². The number of alkyl halides is 2. The van der Waals surface area contributed by atoms with Crippen LogP contribution in [0.3, 0.4) is 0 Å². The number of aryl methyl sites for hydroxylation is 2. The van der Waals surface area contributed by atoms with E-state index >= 15 is 0 Å². The lowest BCUT2D eigenvalue weighted by Crippen LogP contribution is -2.13. The molecule has 138 valence electrons. The van der Waals surface area contributed by atoms with Crippen LogP contribution in [0.5, 0.6) is 0 Å². The van der Waals surface area contributed by atoms with Gasteiger partial charge < -0.3 is 9.30 Å². The van der Waals surface area contributed by atoms with Crippen LogP contribution in [0.4, 0.5) is 8.78 Å². The zero-order valence-electron chi connectivity index (χ0n) is 14.5. The van der Waals surface area contributed by atoms with Gasteiger partial charge in [0.25, 0.3) is 6.43 Å². The summed E-state index contributed by atoms with van der Waals surface area (Å²) in [5.74, 6) is 0.992. The van der Waals surface area contributed by atoms with E-state index in [1.54, 1.807) is 28.8 Å². The molecule has 1 unspecified atom stereocenters. The second kappa shape index (κ2) is 6.60. The van der Waals surface area contributed by atoms with Gasteiger partial charge in [-0.05, 0) is 6.42 Å². The first-order chi connectivity index (χ1) is 12.5. The average molecular weight is 363 g/mol. The quantitative estimate of drug-likeness (QED) is 0.694. The predicted octanol–water partition coefficient (Wildman–Crippen LogP) is 2.05. The van der Waals surface area contributed by atoms with Crippen molar-refractivity contribution in [2.75, 3.05) is 13.2 Å². The van der Waals surface area contributed by atoms with Gasteiger partial charge >= 0.3 is 0 Å². The standard InChI is InChI=1S/C16H19F2N7O/c1-23-8-12(20-16(23)13(17)18)15-21-14(11-5-19-24(2)7-11)22-25(15)6-10-3-4-26-9-10/h5,7-8,10,13H,3-4,6,9H2,1-2H3. The molecule has 1 aliphatic heterocycles. The van der Waals surface area contributed by atoms with Crippen molar-refractivity contribution >= 4 is 0 Å². The second-order valence-electron chi connectivity index (χ2n) is 6.47. The molecular weight excluding hydrogens is 344 g/mol. The lowest BCUT2D eigenvalue weighted by molar-refractivity contribution is 0.137. The Kier molecular flexibility index (Phi) is 4.27. The Morgan fingerprint density at radius 2 is 2.12 bits per heavy atom. The fourth-order valence-electron chi connectivity index (χ4n) is 3.08. The van der Waals surface area contributed by atoms with Gasteiger partial charge in [0, 0.05) is 45.6 Å².